The first kappa shape index (κ1) is 37.5. The standard InChI is InChI=1S/C40H47FN8O7/c1-37(2,3)55-35(50)45(24-39-21-40(41,22-39)23-39)19-28-14-26-11-10-25(13-32(26)47(28)36(51)56-38(4,5)6)18-46-20-31(43-44-46)29-15-27(49(52)53)16-33-30(29)17-42-48(33)34-9-7-8-12-54-34/h10-11,13-17,20,34H,7-9,12,18-19,21-24H2,1-6H3. The molecule has 1 unspecified atom stereocenters. The molecule has 2 aromatic carbocycles. The van der Waals surface area contributed by atoms with Gasteiger partial charge in [-0.2, -0.15) is 5.10 Å². The first-order valence-corrected chi connectivity index (χ1v) is 19.1. The molecular formula is C40H47FN8O7. The predicted octanol–water partition coefficient (Wildman–Crippen LogP) is 8.32. The topological polar surface area (TPSA) is 162 Å². The van der Waals surface area contributed by atoms with Crippen LogP contribution in [0.3, 0.4) is 0 Å². The Hall–Kier alpha value is -5.38. The maximum absolute atomic E-state index is 14.5. The zero-order valence-electron chi connectivity index (χ0n) is 32.6. The highest BCUT2D eigenvalue weighted by molar-refractivity contribution is 5.96. The van der Waals surface area contributed by atoms with Gasteiger partial charge in [0.1, 0.15) is 22.6 Å². The number of fused-ring (bicyclic) bond motifs is 2. The molecular weight excluding hydrogens is 723 g/mol. The van der Waals surface area contributed by atoms with Gasteiger partial charge in [-0.25, -0.2) is 27.9 Å². The maximum Gasteiger partial charge on any atom is 0.419 e. The SMILES string of the molecule is CC(C)(C)OC(=O)N(Cc1cc2ccc(Cn3cc(-c4cc([N+](=O)[O-])cc5c4cnn5C4CCCCO4)nn3)cc2n1C(=O)OC(C)(C)C)CC12CC(F)(C1)C2. The Labute approximate surface area is 322 Å². The highest BCUT2D eigenvalue weighted by atomic mass is 19.1. The van der Waals surface area contributed by atoms with Crippen LogP contribution in [-0.4, -0.2) is 81.4 Å². The van der Waals surface area contributed by atoms with Crippen molar-refractivity contribution in [3.05, 3.63) is 70.2 Å². The molecule has 296 valence electrons. The fourth-order valence-corrected chi connectivity index (χ4v) is 8.46. The average molecular weight is 771 g/mol. The number of halogens is 1. The molecule has 3 aromatic heterocycles. The molecule has 4 aliphatic rings. The van der Waals surface area contributed by atoms with Crippen molar-refractivity contribution in [1.29, 1.82) is 0 Å². The molecule has 0 spiro atoms. The zero-order chi connectivity index (χ0) is 39.8. The van der Waals surface area contributed by atoms with Gasteiger partial charge in [-0.05, 0) is 103 Å². The van der Waals surface area contributed by atoms with Gasteiger partial charge in [-0.15, -0.1) is 5.10 Å². The van der Waals surface area contributed by atoms with Crippen molar-refractivity contribution in [2.24, 2.45) is 5.41 Å². The number of non-ortho nitro benzene ring substituents is 1. The van der Waals surface area contributed by atoms with Gasteiger partial charge in [-0.3, -0.25) is 10.1 Å². The minimum absolute atomic E-state index is 0.0484. The molecule has 16 heteroatoms. The number of aromatic nitrogens is 6. The van der Waals surface area contributed by atoms with Crippen LogP contribution in [0.15, 0.2) is 48.8 Å². The van der Waals surface area contributed by atoms with Crippen LogP contribution >= 0.6 is 0 Å². The summed E-state index contributed by atoms with van der Waals surface area (Å²) in [6.45, 7) is 12.0. The van der Waals surface area contributed by atoms with Crippen molar-refractivity contribution in [3.63, 3.8) is 0 Å². The first-order chi connectivity index (χ1) is 26.4. The maximum atomic E-state index is 14.5. The van der Waals surface area contributed by atoms with Gasteiger partial charge >= 0.3 is 12.2 Å². The highest BCUT2D eigenvalue weighted by Crippen LogP contribution is 2.69. The summed E-state index contributed by atoms with van der Waals surface area (Å²) in [5.41, 5.74) is 0.360. The van der Waals surface area contributed by atoms with E-state index in [1.807, 2.05) is 24.3 Å². The number of benzene rings is 2. The van der Waals surface area contributed by atoms with E-state index >= 15 is 0 Å². The van der Waals surface area contributed by atoms with E-state index in [4.69, 9.17) is 14.2 Å². The Bertz CT molecular complexity index is 2340. The molecule has 4 heterocycles. The smallest absolute Gasteiger partial charge is 0.419 e. The van der Waals surface area contributed by atoms with E-state index in [0.29, 0.717) is 65.8 Å². The quantitative estimate of drug-likeness (QED) is 0.105. The molecule has 15 nitrogen and oxygen atoms in total. The zero-order valence-corrected chi connectivity index (χ0v) is 32.6. The molecule has 3 aliphatic carbocycles. The molecule has 0 radical (unpaired) electrons. The molecule has 1 amide bonds. The number of carbonyl (C=O) groups is 2. The summed E-state index contributed by atoms with van der Waals surface area (Å²) in [5, 5.41) is 26.8. The Morgan fingerprint density at radius 2 is 1.79 bits per heavy atom. The third-order valence-corrected chi connectivity index (χ3v) is 10.6. The third kappa shape index (κ3) is 7.33. The second-order valence-corrected chi connectivity index (χ2v) is 17.8. The summed E-state index contributed by atoms with van der Waals surface area (Å²) in [6, 6.07) is 10.5. The van der Waals surface area contributed by atoms with Crippen LogP contribution < -0.4 is 0 Å². The number of rotatable bonds is 9. The summed E-state index contributed by atoms with van der Waals surface area (Å²) in [4.78, 5) is 40.7. The number of carbonyl (C=O) groups excluding carboxylic acids is 2. The van der Waals surface area contributed by atoms with Crippen LogP contribution in [0.4, 0.5) is 19.7 Å². The van der Waals surface area contributed by atoms with E-state index in [0.717, 1.165) is 30.2 Å². The van der Waals surface area contributed by atoms with Crippen LogP contribution in [0.5, 0.6) is 0 Å². The minimum Gasteiger partial charge on any atom is -0.444 e. The summed E-state index contributed by atoms with van der Waals surface area (Å²) in [6.07, 6.45) is 5.89. The van der Waals surface area contributed by atoms with Crippen LogP contribution in [-0.2, 0) is 27.3 Å². The lowest BCUT2D eigenvalue weighted by molar-refractivity contribution is -0.384. The molecule has 1 aliphatic heterocycles. The normalized spacial score (nSPS) is 22.1. The lowest BCUT2D eigenvalue weighted by atomic mass is 9.42. The third-order valence-electron chi connectivity index (χ3n) is 10.6. The molecule has 2 bridgehead atoms. The molecule has 4 fully saturated rings. The van der Waals surface area contributed by atoms with Crippen LogP contribution in [0.2, 0.25) is 0 Å². The molecule has 1 saturated heterocycles. The Kier molecular flexibility index (Phi) is 8.97. The van der Waals surface area contributed by atoms with Gasteiger partial charge in [0.05, 0.1) is 41.4 Å². The average Bonchev–Trinajstić information content (AvgIpc) is 3.82. The predicted molar refractivity (Wildman–Crippen MR) is 204 cm³/mol. The van der Waals surface area contributed by atoms with E-state index in [1.165, 1.54) is 16.7 Å². The van der Waals surface area contributed by atoms with Crippen molar-refractivity contribution in [2.45, 2.75) is 116 Å². The Balaban J connectivity index is 1.11. The van der Waals surface area contributed by atoms with Gasteiger partial charge in [0.25, 0.3) is 5.69 Å². The first-order valence-electron chi connectivity index (χ1n) is 19.1. The van der Waals surface area contributed by atoms with Crippen molar-refractivity contribution >= 4 is 39.7 Å². The minimum atomic E-state index is -1.13. The molecule has 5 aromatic rings. The molecule has 56 heavy (non-hydrogen) atoms. The van der Waals surface area contributed by atoms with E-state index in [-0.39, 0.29) is 30.4 Å². The lowest BCUT2D eigenvalue weighted by Crippen LogP contribution is -2.68. The number of nitro benzene ring substituents is 1. The van der Waals surface area contributed by atoms with E-state index in [2.05, 4.69) is 15.4 Å². The fourth-order valence-electron chi connectivity index (χ4n) is 8.46. The summed E-state index contributed by atoms with van der Waals surface area (Å²) >= 11 is 0. The Morgan fingerprint density at radius 3 is 2.45 bits per heavy atom. The lowest BCUT2D eigenvalue weighted by Gasteiger charge is -2.66. The molecule has 9 rings (SSSR count). The highest BCUT2D eigenvalue weighted by Gasteiger charge is 2.69. The van der Waals surface area contributed by atoms with Crippen LogP contribution in [0.1, 0.15) is 97.6 Å². The molecule has 0 N–H and O–H groups in total. The monoisotopic (exact) mass is 770 g/mol. The summed E-state index contributed by atoms with van der Waals surface area (Å²) < 4.78 is 37.0. The van der Waals surface area contributed by atoms with Crippen molar-refractivity contribution in [2.75, 3.05) is 13.2 Å². The number of hydrogen-bond acceptors (Lipinski definition) is 10. The number of hydrogen-bond donors (Lipinski definition) is 0. The summed E-state index contributed by atoms with van der Waals surface area (Å²) in [7, 11) is 0. The number of ether oxygens (including phenoxy) is 3. The second-order valence-electron chi connectivity index (χ2n) is 17.8. The van der Waals surface area contributed by atoms with Crippen molar-refractivity contribution in [1.82, 2.24) is 34.2 Å². The van der Waals surface area contributed by atoms with Gasteiger partial charge in [0.15, 0.2) is 6.23 Å². The number of alkyl halides is 1. The Morgan fingerprint density at radius 1 is 1.04 bits per heavy atom. The van der Waals surface area contributed by atoms with Crippen molar-refractivity contribution in [3.8, 4) is 11.3 Å². The van der Waals surface area contributed by atoms with Crippen molar-refractivity contribution < 1.29 is 33.1 Å². The molecule has 3 saturated carbocycles. The van der Waals surface area contributed by atoms with E-state index in [9.17, 15) is 24.1 Å². The van der Waals surface area contributed by atoms with Gasteiger partial charge in [0, 0.05) is 47.3 Å². The second kappa shape index (κ2) is 13.4. The van der Waals surface area contributed by atoms with Crippen LogP contribution in [0.25, 0.3) is 33.1 Å². The van der Waals surface area contributed by atoms with Gasteiger partial charge in [0.2, 0.25) is 0 Å². The fraction of sp³-hybridized carbons (Fsp3) is 0.525. The largest absolute Gasteiger partial charge is 0.444 e. The number of nitrogens with zero attached hydrogens (tertiary/aromatic N) is 8. The number of nitro groups is 1. The van der Waals surface area contributed by atoms with Gasteiger partial charge < -0.3 is 19.1 Å². The van der Waals surface area contributed by atoms with E-state index in [1.54, 1.807) is 68.2 Å². The molecule has 1 atom stereocenters. The van der Waals surface area contributed by atoms with Crippen LogP contribution in [0, 0.1) is 15.5 Å². The summed E-state index contributed by atoms with van der Waals surface area (Å²) in [5.74, 6) is 0. The number of amides is 1. The van der Waals surface area contributed by atoms with Gasteiger partial charge in [-0.1, -0.05) is 17.3 Å². The van der Waals surface area contributed by atoms with E-state index < -0.39 is 34.0 Å².